The zero-order valence-electron chi connectivity index (χ0n) is 4.83. The van der Waals surface area contributed by atoms with E-state index in [0.29, 0.717) is 6.61 Å². The largest absolute Gasteiger partial charge is 0.346 e. The number of ether oxygens (including phenoxy) is 2. The first kappa shape index (κ1) is 7.62. The topological polar surface area (TPSA) is 38.7 Å². The lowest BCUT2D eigenvalue weighted by Crippen LogP contribution is -2.13. The Morgan fingerprint density at radius 2 is 2.50 bits per heavy atom. The lowest BCUT2D eigenvalue weighted by Gasteiger charge is -2.05. The van der Waals surface area contributed by atoms with E-state index in [2.05, 4.69) is 16.1 Å². The summed E-state index contributed by atoms with van der Waals surface area (Å²) in [7, 11) is 1.35. The minimum absolute atomic E-state index is 0.301. The van der Waals surface area contributed by atoms with Gasteiger partial charge in [0.2, 0.25) is 0 Å². The minimum atomic E-state index is -1.12. The number of hydrogen-bond acceptors (Lipinski definition) is 3. The predicted octanol–water partition coefficient (Wildman–Crippen LogP) is 0.111. The fraction of sp³-hybridized carbons (Fsp3) is 0.600. The van der Waals surface area contributed by atoms with Crippen LogP contribution in [0.25, 0.3) is 0 Å². The first-order valence-corrected chi connectivity index (χ1v) is 2.24. The van der Waals surface area contributed by atoms with Crippen LogP contribution in [0.4, 0.5) is 0 Å². The van der Waals surface area contributed by atoms with Gasteiger partial charge < -0.3 is 14.6 Å². The van der Waals surface area contributed by atoms with Crippen molar-refractivity contribution in [2.45, 2.75) is 6.48 Å². The molecule has 0 spiro atoms. The Balaban J connectivity index is 2.97. The van der Waals surface area contributed by atoms with Crippen LogP contribution in [0.15, 0.2) is 12.7 Å². The maximum atomic E-state index is 8.50. The van der Waals surface area contributed by atoms with Crippen molar-refractivity contribution >= 4 is 0 Å². The number of aliphatic hydroxyl groups excluding tert-OH is 1. The Morgan fingerprint density at radius 3 is 2.88 bits per heavy atom. The molecule has 0 amide bonds. The summed E-state index contributed by atoms with van der Waals surface area (Å²) in [5.74, 6) is 0. The molecule has 0 radical (unpaired) electrons. The molecule has 0 saturated heterocycles. The summed E-state index contributed by atoms with van der Waals surface area (Å²) < 4.78 is 8.89. The van der Waals surface area contributed by atoms with E-state index >= 15 is 0 Å². The Kier molecular flexibility index (Phi) is 4.54. The summed E-state index contributed by atoms with van der Waals surface area (Å²) in [6.45, 7) is 2.56. The zero-order chi connectivity index (χ0) is 6.41. The molecule has 0 heterocycles. The average Bonchev–Trinajstić information content (AvgIpc) is 1.83. The van der Waals surface area contributed by atoms with Crippen LogP contribution in [-0.4, -0.2) is 25.3 Å². The molecule has 0 aliphatic rings. The van der Waals surface area contributed by atoms with Gasteiger partial charge in [0.1, 0.15) is 0 Å². The van der Waals surface area contributed by atoms with Crippen molar-refractivity contribution in [3.05, 3.63) is 12.7 Å². The van der Waals surface area contributed by atoms with Gasteiger partial charge in [-0.25, -0.2) is 0 Å². The predicted molar refractivity (Wildman–Crippen MR) is 29.2 cm³/mol. The highest BCUT2D eigenvalue weighted by atomic mass is 16.8. The molecule has 0 rings (SSSR count). The van der Waals surface area contributed by atoms with Crippen molar-refractivity contribution in [3.8, 4) is 0 Å². The average molecular weight is 118 g/mol. The minimum Gasteiger partial charge on any atom is -0.346 e. The third-order valence-corrected chi connectivity index (χ3v) is 0.558. The lowest BCUT2D eigenvalue weighted by molar-refractivity contribution is -0.244. The fourth-order valence-corrected chi connectivity index (χ4v) is 0.218. The van der Waals surface area contributed by atoms with Crippen LogP contribution in [0.3, 0.4) is 0 Å². The van der Waals surface area contributed by atoms with Crippen LogP contribution in [0.1, 0.15) is 0 Å². The highest BCUT2D eigenvalue weighted by molar-refractivity contribution is 4.63. The molecule has 0 saturated carbocycles. The van der Waals surface area contributed by atoms with Gasteiger partial charge in [0.15, 0.2) is 0 Å². The van der Waals surface area contributed by atoms with Gasteiger partial charge >= 0.3 is 0 Å². The standard InChI is InChI=1S/C5H10O3/c1-3-4-8-5(6)7-2/h3,5-6H,1,4H2,2H3. The molecule has 1 unspecified atom stereocenters. The van der Waals surface area contributed by atoms with Gasteiger partial charge in [-0.1, -0.05) is 6.08 Å². The summed E-state index contributed by atoms with van der Waals surface area (Å²) in [5.41, 5.74) is 0. The SMILES string of the molecule is C=CCOC(O)OC. The first-order chi connectivity index (χ1) is 3.81. The maximum Gasteiger partial charge on any atom is 0.269 e. The highest BCUT2D eigenvalue weighted by Gasteiger charge is 1.95. The molecule has 0 aliphatic heterocycles. The molecule has 0 fully saturated rings. The number of aliphatic hydroxyl groups is 1. The second kappa shape index (κ2) is 4.77. The quantitative estimate of drug-likeness (QED) is 0.420. The molecule has 0 aromatic heterocycles. The second-order valence-electron chi connectivity index (χ2n) is 1.16. The molecule has 3 nitrogen and oxygen atoms in total. The van der Waals surface area contributed by atoms with Crippen LogP contribution >= 0.6 is 0 Å². The first-order valence-electron chi connectivity index (χ1n) is 2.24. The molecule has 8 heavy (non-hydrogen) atoms. The van der Waals surface area contributed by atoms with E-state index in [4.69, 9.17) is 5.11 Å². The molecule has 48 valence electrons. The molecule has 1 N–H and O–H groups in total. The van der Waals surface area contributed by atoms with E-state index in [1.165, 1.54) is 13.2 Å². The van der Waals surface area contributed by atoms with Gasteiger partial charge in [-0.05, 0) is 0 Å². The number of rotatable bonds is 4. The van der Waals surface area contributed by atoms with E-state index in [1.807, 2.05) is 0 Å². The van der Waals surface area contributed by atoms with Crippen molar-refractivity contribution in [3.63, 3.8) is 0 Å². The monoisotopic (exact) mass is 118 g/mol. The number of hydrogen-bond donors (Lipinski definition) is 1. The summed E-state index contributed by atoms with van der Waals surface area (Å²) in [6, 6.07) is 0. The summed E-state index contributed by atoms with van der Waals surface area (Å²) in [5, 5.41) is 8.50. The highest BCUT2D eigenvalue weighted by Crippen LogP contribution is 1.84. The van der Waals surface area contributed by atoms with Crippen molar-refractivity contribution < 1.29 is 14.6 Å². The number of methoxy groups -OCH3 is 1. The van der Waals surface area contributed by atoms with Crippen molar-refractivity contribution in [1.29, 1.82) is 0 Å². The molecule has 3 heteroatoms. The van der Waals surface area contributed by atoms with Crippen LogP contribution < -0.4 is 0 Å². The summed E-state index contributed by atoms with van der Waals surface area (Å²) >= 11 is 0. The molecular formula is C5H10O3. The molecule has 1 atom stereocenters. The Hall–Kier alpha value is -0.380. The van der Waals surface area contributed by atoms with Crippen LogP contribution in [0.5, 0.6) is 0 Å². The van der Waals surface area contributed by atoms with E-state index < -0.39 is 6.48 Å². The third kappa shape index (κ3) is 3.80. The van der Waals surface area contributed by atoms with Crippen LogP contribution in [0, 0.1) is 0 Å². The van der Waals surface area contributed by atoms with Crippen molar-refractivity contribution in [1.82, 2.24) is 0 Å². The van der Waals surface area contributed by atoms with Gasteiger partial charge in [0.25, 0.3) is 6.48 Å². The fourth-order valence-electron chi connectivity index (χ4n) is 0.218. The van der Waals surface area contributed by atoms with E-state index in [0.717, 1.165) is 0 Å². The van der Waals surface area contributed by atoms with Crippen LogP contribution in [-0.2, 0) is 9.47 Å². The van der Waals surface area contributed by atoms with Crippen LogP contribution in [0.2, 0.25) is 0 Å². The van der Waals surface area contributed by atoms with Gasteiger partial charge in [-0.15, -0.1) is 6.58 Å². The third-order valence-electron chi connectivity index (χ3n) is 0.558. The van der Waals surface area contributed by atoms with E-state index in [9.17, 15) is 0 Å². The zero-order valence-corrected chi connectivity index (χ0v) is 4.83. The van der Waals surface area contributed by atoms with E-state index in [-0.39, 0.29) is 0 Å². The molecule has 0 aromatic rings. The molecule has 0 aromatic carbocycles. The Morgan fingerprint density at radius 1 is 1.88 bits per heavy atom. The summed E-state index contributed by atoms with van der Waals surface area (Å²) in [6.07, 6.45) is 1.53. The van der Waals surface area contributed by atoms with Crippen molar-refractivity contribution in [2.24, 2.45) is 0 Å². The lowest BCUT2D eigenvalue weighted by atomic mass is 10.7. The van der Waals surface area contributed by atoms with Gasteiger partial charge in [0, 0.05) is 7.11 Å². The van der Waals surface area contributed by atoms with E-state index in [1.54, 1.807) is 0 Å². The second-order valence-corrected chi connectivity index (χ2v) is 1.16. The molecule has 0 aliphatic carbocycles. The van der Waals surface area contributed by atoms with Crippen molar-refractivity contribution in [2.75, 3.05) is 13.7 Å². The van der Waals surface area contributed by atoms with Gasteiger partial charge in [-0.3, -0.25) is 0 Å². The van der Waals surface area contributed by atoms with Gasteiger partial charge in [0.05, 0.1) is 6.61 Å². The van der Waals surface area contributed by atoms with Gasteiger partial charge in [-0.2, -0.15) is 0 Å². The molecular weight excluding hydrogens is 108 g/mol. The summed E-state index contributed by atoms with van der Waals surface area (Å²) in [4.78, 5) is 0. The Bertz CT molecular complexity index is 62.7. The Labute approximate surface area is 48.5 Å². The maximum absolute atomic E-state index is 8.50. The molecule has 0 bridgehead atoms. The smallest absolute Gasteiger partial charge is 0.269 e. The normalized spacial score (nSPS) is 13.2.